The van der Waals surface area contributed by atoms with Crippen LogP contribution in [0, 0.1) is 0 Å². The smallest absolute Gasteiger partial charge is 0.330 e. The number of hydrogen-bond donors (Lipinski definition) is 1. The highest BCUT2D eigenvalue weighted by atomic mass is 16.6. The normalized spacial score (nSPS) is 10.6. The number of benzene rings is 3. The first kappa shape index (κ1) is 26.0. The van der Waals surface area contributed by atoms with Crippen molar-refractivity contribution in [3.05, 3.63) is 84.9 Å². The summed E-state index contributed by atoms with van der Waals surface area (Å²) in [6.45, 7) is 6.24. The number of aliphatic hydroxyl groups is 1. The van der Waals surface area contributed by atoms with Crippen molar-refractivity contribution < 1.29 is 24.1 Å². The molecule has 0 unspecified atom stereocenters. The van der Waals surface area contributed by atoms with E-state index in [1.165, 1.54) is 24.8 Å². The maximum atomic E-state index is 11.4. The molecule has 0 radical (unpaired) electrons. The van der Waals surface area contributed by atoms with Gasteiger partial charge in [0.15, 0.2) is 0 Å². The molecule has 35 heavy (non-hydrogen) atoms. The first-order valence-electron chi connectivity index (χ1n) is 12.1. The maximum Gasteiger partial charge on any atom is 0.330 e. The van der Waals surface area contributed by atoms with Gasteiger partial charge in [-0.1, -0.05) is 74.9 Å². The first-order chi connectivity index (χ1) is 17.1. The van der Waals surface area contributed by atoms with Crippen LogP contribution in [0.3, 0.4) is 0 Å². The van der Waals surface area contributed by atoms with Gasteiger partial charge >= 0.3 is 5.97 Å². The Bertz CT molecular complexity index is 1070. The molecule has 0 saturated carbocycles. The molecule has 0 spiro atoms. The number of hydrogen-bond acceptors (Lipinski definition) is 5. The Hall–Kier alpha value is -3.57. The van der Waals surface area contributed by atoms with Crippen LogP contribution in [0.15, 0.2) is 79.4 Å². The van der Waals surface area contributed by atoms with Crippen molar-refractivity contribution in [2.24, 2.45) is 0 Å². The van der Waals surface area contributed by atoms with Crippen LogP contribution in [0.4, 0.5) is 0 Å². The zero-order chi connectivity index (χ0) is 24.9. The van der Waals surface area contributed by atoms with Crippen LogP contribution >= 0.6 is 0 Å². The zero-order valence-corrected chi connectivity index (χ0v) is 20.4. The van der Waals surface area contributed by atoms with Gasteiger partial charge in [-0.05, 0) is 53.3 Å². The molecule has 0 bridgehead atoms. The van der Waals surface area contributed by atoms with Crippen LogP contribution in [0.2, 0.25) is 0 Å². The predicted octanol–water partition coefficient (Wildman–Crippen LogP) is 6.23. The average Bonchev–Trinajstić information content (AvgIpc) is 2.90. The lowest BCUT2D eigenvalue weighted by Gasteiger charge is -2.15. The minimum Gasteiger partial charge on any atom is -0.491 e. The Morgan fingerprint density at radius 1 is 0.857 bits per heavy atom. The number of carbonyl (C=O) groups is 1. The fraction of sp³-hybridized carbons (Fsp3) is 0.300. The summed E-state index contributed by atoms with van der Waals surface area (Å²) in [5.41, 5.74) is 5.40. The van der Waals surface area contributed by atoms with Crippen LogP contribution in [-0.2, 0) is 16.0 Å². The molecule has 0 heterocycles. The quantitative estimate of drug-likeness (QED) is 0.170. The van der Waals surface area contributed by atoms with Crippen molar-refractivity contribution in [3.63, 3.8) is 0 Å². The summed E-state index contributed by atoms with van der Waals surface area (Å²) in [7, 11) is 0. The number of rotatable bonds is 14. The minimum absolute atomic E-state index is 0.0221. The van der Waals surface area contributed by atoms with Crippen LogP contribution in [0.1, 0.15) is 31.7 Å². The van der Waals surface area contributed by atoms with Crippen molar-refractivity contribution in [1.29, 1.82) is 0 Å². The molecule has 3 aromatic rings. The third-order valence-electron chi connectivity index (χ3n) is 5.62. The van der Waals surface area contributed by atoms with E-state index in [9.17, 15) is 4.79 Å². The van der Waals surface area contributed by atoms with E-state index >= 15 is 0 Å². The van der Waals surface area contributed by atoms with Crippen molar-refractivity contribution >= 4 is 5.97 Å². The zero-order valence-electron chi connectivity index (χ0n) is 20.4. The summed E-state index contributed by atoms with van der Waals surface area (Å²) in [4.78, 5) is 11.4. The Balaban J connectivity index is 1.82. The van der Waals surface area contributed by atoms with E-state index < -0.39 is 5.97 Å². The average molecular weight is 475 g/mol. The third kappa shape index (κ3) is 8.01. The van der Waals surface area contributed by atoms with E-state index in [1.807, 2.05) is 30.3 Å². The van der Waals surface area contributed by atoms with Crippen LogP contribution < -0.4 is 9.47 Å². The number of aryl methyl sites for hydroxylation is 1. The lowest BCUT2D eigenvalue weighted by molar-refractivity contribution is -0.138. The summed E-state index contributed by atoms with van der Waals surface area (Å²) in [6, 6.07) is 22.5. The molecule has 184 valence electrons. The van der Waals surface area contributed by atoms with E-state index in [2.05, 4.69) is 49.9 Å². The van der Waals surface area contributed by atoms with Crippen LogP contribution in [0.25, 0.3) is 22.3 Å². The monoisotopic (exact) mass is 474 g/mol. The van der Waals surface area contributed by atoms with Gasteiger partial charge in [-0.2, -0.15) is 0 Å². The lowest BCUT2D eigenvalue weighted by Crippen LogP contribution is -2.10. The molecule has 3 rings (SSSR count). The summed E-state index contributed by atoms with van der Waals surface area (Å²) in [5, 5.41) is 8.94. The molecular weight excluding hydrogens is 440 g/mol. The topological polar surface area (TPSA) is 65.0 Å². The molecule has 0 aliphatic carbocycles. The van der Waals surface area contributed by atoms with Crippen molar-refractivity contribution in [3.8, 4) is 33.8 Å². The fourth-order valence-electron chi connectivity index (χ4n) is 3.75. The van der Waals surface area contributed by atoms with Gasteiger partial charge in [0.25, 0.3) is 0 Å². The van der Waals surface area contributed by atoms with Crippen molar-refractivity contribution in [2.45, 2.75) is 32.6 Å². The summed E-state index contributed by atoms with van der Waals surface area (Å²) < 4.78 is 16.6. The molecule has 5 nitrogen and oxygen atoms in total. The van der Waals surface area contributed by atoms with E-state index in [0.29, 0.717) is 5.75 Å². The molecule has 0 fully saturated rings. The highest BCUT2D eigenvalue weighted by Crippen LogP contribution is 2.35. The van der Waals surface area contributed by atoms with Crippen LogP contribution in [-0.4, -0.2) is 37.5 Å². The summed E-state index contributed by atoms with van der Waals surface area (Å²) in [5.74, 6) is 0.959. The number of carbonyl (C=O) groups excluding carboxylic acids is 1. The fourth-order valence-corrected chi connectivity index (χ4v) is 3.75. The lowest BCUT2D eigenvalue weighted by atomic mass is 9.97. The van der Waals surface area contributed by atoms with Crippen LogP contribution in [0.5, 0.6) is 11.5 Å². The summed E-state index contributed by atoms with van der Waals surface area (Å²) in [6.07, 6.45) is 5.88. The van der Waals surface area contributed by atoms with Gasteiger partial charge < -0.3 is 19.3 Å². The number of unbranched alkanes of at least 4 members (excludes halogenated alkanes) is 2. The van der Waals surface area contributed by atoms with E-state index in [0.717, 1.165) is 40.5 Å². The number of esters is 1. The van der Waals surface area contributed by atoms with Gasteiger partial charge in [0.1, 0.15) is 31.3 Å². The van der Waals surface area contributed by atoms with E-state index in [4.69, 9.17) is 19.3 Å². The van der Waals surface area contributed by atoms with Gasteiger partial charge in [-0.3, -0.25) is 0 Å². The van der Waals surface area contributed by atoms with Gasteiger partial charge in [-0.15, -0.1) is 0 Å². The standard InChI is InChI=1S/C30H34O5/c1-3-5-6-7-23-8-10-25(11-9-23)28-17-14-26(22-29(28)34-20-21-35-30(32)4-2)24-12-15-27(16-13-24)33-19-18-31/h4,8-17,22,31H,2-3,5-7,18-21H2,1H3. The molecule has 0 aliphatic heterocycles. The molecule has 5 heteroatoms. The van der Waals surface area contributed by atoms with Crippen molar-refractivity contribution in [1.82, 2.24) is 0 Å². The SMILES string of the molecule is C=CC(=O)OCCOc1cc(-c2ccc(OCCO)cc2)ccc1-c1ccc(CCCCC)cc1. The number of ether oxygens (including phenoxy) is 3. The molecule has 0 amide bonds. The first-order valence-corrected chi connectivity index (χ1v) is 12.1. The molecule has 3 aromatic carbocycles. The highest BCUT2D eigenvalue weighted by Gasteiger charge is 2.10. The molecule has 0 saturated heterocycles. The Kier molecular flexibility index (Phi) is 10.4. The molecule has 0 aromatic heterocycles. The molecule has 1 N–H and O–H groups in total. The third-order valence-corrected chi connectivity index (χ3v) is 5.62. The summed E-state index contributed by atoms with van der Waals surface area (Å²) >= 11 is 0. The van der Waals surface area contributed by atoms with Gasteiger partial charge in [0, 0.05) is 11.6 Å². The molecule has 0 atom stereocenters. The number of aliphatic hydroxyl groups excluding tert-OH is 1. The molecule has 0 aliphatic rings. The van der Waals surface area contributed by atoms with Gasteiger partial charge in [0.2, 0.25) is 0 Å². The van der Waals surface area contributed by atoms with E-state index in [-0.39, 0.29) is 26.4 Å². The Morgan fingerprint density at radius 2 is 1.57 bits per heavy atom. The second-order valence-electron chi connectivity index (χ2n) is 8.18. The molecular formula is C30H34O5. The predicted molar refractivity (Wildman–Crippen MR) is 140 cm³/mol. The maximum absolute atomic E-state index is 11.4. The second kappa shape index (κ2) is 14.0. The second-order valence-corrected chi connectivity index (χ2v) is 8.18. The van der Waals surface area contributed by atoms with Crippen molar-refractivity contribution in [2.75, 3.05) is 26.4 Å². The highest BCUT2D eigenvalue weighted by molar-refractivity contribution is 5.81. The Labute approximate surface area is 208 Å². The minimum atomic E-state index is -0.468. The van der Waals surface area contributed by atoms with Gasteiger partial charge in [-0.25, -0.2) is 4.79 Å². The van der Waals surface area contributed by atoms with Gasteiger partial charge in [0.05, 0.1) is 6.61 Å². The van der Waals surface area contributed by atoms with E-state index in [1.54, 1.807) is 0 Å². The Morgan fingerprint density at radius 3 is 2.26 bits per heavy atom. The largest absolute Gasteiger partial charge is 0.491 e.